The molecule has 2 aromatic heterocycles. The SMILES string of the molecule is C(#Cn1ccnc1)c1ccco1. The summed E-state index contributed by atoms with van der Waals surface area (Å²) >= 11 is 0. The largest absolute Gasteiger partial charge is 0.456 e. The van der Waals surface area contributed by atoms with E-state index in [4.69, 9.17) is 4.42 Å². The lowest BCUT2D eigenvalue weighted by molar-refractivity contribution is 0.554. The van der Waals surface area contributed by atoms with Crippen LogP contribution >= 0.6 is 0 Å². The van der Waals surface area contributed by atoms with E-state index in [0.717, 1.165) is 0 Å². The van der Waals surface area contributed by atoms with Gasteiger partial charge in [-0.3, -0.25) is 4.57 Å². The van der Waals surface area contributed by atoms with E-state index in [9.17, 15) is 0 Å². The van der Waals surface area contributed by atoms with Crippen molar-refractivity contribution in [1.82, 2.24) is 9.55 Å². The maximum Gasteiger partial charge on any atom is 0.178 e. The quantitative estimate of drug-likeness (QED) is 0.541. The first-order valence-electron chi connectivity index (χ1n) is 3.48. The fourth-order valence-corrected chi connectivity index (χ4v) is 0.795. The second kappa shape index (κ2) is 2.97. The zero-order valence-electron chi connectivity index (χ0n) is 6.27. The van der Waals surface area contributed by atoms with Gasteiger partial charge < -0.3 is 4.42 Å². The van der Waals surface area contributed by atoms with Crippen LogP contribution < -0.4 is 0 Å². The number of rotatable bonds is 0. The molecule has 0 aliphatic rings. The molecule has 3 nitrogen and oxygen atoms in total. The van der Waals surface area contributed by atoms with Crippen LogP contribution in [0, 0.1) is 12.0 Å². The van der Waals surface area contributed by atoms with E-state index in [-0.39, 0.29) is 0 Å². The Morgan fingerprint density at radius 2 is 2.50 bits per heavy atom. The van der Waals surface area contributed by atoms with Crippen LogP contribution in [0.2, 0.25) is 0 Å². The van der Waals surface area contributed by atoms with Gasteiger partial charge in [-0.25, -0.2) is 4.98 Å². The summed E-state index contributed by atoms with van der Waals surface area (Å²) in [6.07, 6.45) is 6.68. The lowest BCUT2D eigenvalue weighted by atomic mass is 10.5. The van der Waals surface area contributed by atoms with E-state index in [0.29, 0.717) is 5.76 Å². The Balaban J connectivity index is 2.22. The number of hydrogen-bond donors (Lipinski definition) is 0. The Hall–Kier alpha value is -1.95. The van der Waals surface area contributed by atoms with Crippen LogP contribution in [0.5, 0.6) is 0 Å². The molecule has 58 valence electrons. The highest BCUT2D eigenvalue weighted by Crippen LogP contribution is 1.95. The van der Waals surface area contributed by atoms with Crippen molar-refractivity contribution in [1.29, 1.82) is 0 Å². The molecule has 0 N–H and O–H groups in total. The van der Waals surface area contributed by atoms with Gasteiger partial charge in [-0.1, -0.05) is 0 Å². The Kier molecular flexibility index (Phi) is 1.67. The highest BCUT2D eigenvalue weighted by atomic mass is 16.3. The molecule has 0 atom stereocenters. The van der Waals surface area contributed by atoms with Crippen LogP contribution in [-0.2, 0) is 0 Å². The average Bonchev–Trinajstić information content (AvgIpc) is 2.74. The molecule has 12 heavy (non-hydrogen) atoms. The molecule has 0 radical (unpaired) electrons. The van der Waals surface area contributed by atoms with Crippen molar-refractivity contribution in [3.63, 3.8) is 0 Å². The van der Waals surface area contributed by atoms with Crippen molar-refractivity contribution in [3.05, 3.63) is 42.9 Å². The van der Waals surface area contributed by atoms with E-state index in [1.807, 2.05) is 6.07 Å². The minimum atomic E-state index is 0.656. The summed E-state index contributed by atoms with van der Waals surface area (Å²) < 4.78 is 6.69. The summed E-state index contributed by atoms with van der Waals surface area (Å²) in [6.45, 7) is 0. The maximum absolute atomic E-state index is 5.02. The Bertz CT molecular complexity index is 351. The molecular weight excluding hydrogens is 152 g/mol. The highest BCUT2D eigenvalue weighted by molar-refractivity contribution is 5.24. The molecule has 0 aromatic carbocycles. The smallest absolute Gasteiger partial charge is 0.178 e. The highest BCUT2D eigenvalue weighted by Gasteiger charge is 1.85. The molecule has 0 fully saturated rings. The van der Waals surface area contributed by atoms with E-state index in [2.05, 4.69) is 16.9 Å². The summed E-state index contributed by atoms with van der Waals surface area (Å²) in [7, 11) is 0. The first kappa shape index (κ1) is 6.74. The van der Waals surface area contributed by atoms with Crippen molar-refractivity contribution in [2.75, 3.05) is 0 Å². The van der Waals surface area contributed by atoms with Crippen molar-refractivity contribution in [2.24, 2.45) is 0 Å². The lowest BCUT2D eigenvalue weighted by Gasteiger charge is -1.81. The third-order valence-corrected chi connectivity index (χ3v) is 1.33. The summed E-state index contributed by atoms with van der Waals surface area (Å²) in [6, 6.07) is 6.45. The van der Waals surface area contributed by atoms with Crippen LogP contribution in [0.3, 0.4) is 0 Å². The van der Waals surface area contributed by atoms with E-state index < -0.39 is 0 Å². The fraction of sp³-hybridized carbons (Fsp3) is 0. The van der Waals surface area contributed by atoms with Crippen molar-refractivity contribution >= 4 is 0 Å². The third kappa shape index (κ3) is 1.38. The Morgan fingerprint density at radius 1 is 1.50 bits per heavy atom. The third-order valence-electron chi connectivity index (χ3n) is 1.33. The minimum Gasteiger partial charge on any atom is -0.456 e. The van der Waals surface area contributed by atoms with E-state index in [1.54, 1.807) is 35.6 Å². The van der Waals surface area contributed by atoms with E-state index >= 15 is 0 Å². The second-order valence-electron chi connectivity index (χ2n) is 2.18. The number of aromatic nitrogens is 2. The molecule has 0 spiro atoms. The number of furan rings is 1. The Labute approximate surface area is 69.7 Å². The maximum atomic E-state index is 5.02. The van der Waals surface area contributed by atoms with Gasteiger partial charge in [-0.2, -0.15) is 0 Å². The standard InChI is InChI=1S/C9H6N2O/c1-2-9(12-7-1)3-5-11-6-4-10-8-11/h1-2,4,6-8H. The lowest BCUT2D eigenvalue weighted by Crippen LogP contribution is -1.80. The molecule has 2 rings (SSSR count). The van der Waals surface area contributed by atoms with Crippen molar-refractivity contribution in [2.45, 2.75) is 0 Å². The molecule has 0 saturated carbocycles. The van der Waals surface area contributed by atoms with Gasteiger partial charge in [-0.05, 0) is 18.1 Å². The van der Waals surface area contributed by atoms with Gasteiger partial charge in [0, 0.05) is 18.4 Å². The molecule has 3 heteroatoms. The van der Waals surface area contributed by atoms with Crippen LogP contribution in [0.15, 0.2) is 41.5 Å². The normalized spacial score (nSPS) is 9.00. The number of nitrogens with zero attached hydrogens (tertiary/aromatic N) is 2. The van der Waals surface area contributed by atoms with Crippen molar-refractivity contribution < 1.29 is 4.42 Å². The summed E-state index contributed by atoms with van der Waals surface area (Å²) in [5.41, 5.74) is 0. The van der Waals surface area contributed by atoms with Crippen LogP contribution in [0.4, 0.5) is 0 Å². The van der Waals surface area contributed by atoms with Gasteiger partial charge in [0.2, 0.25) is 0 Å². The van der Waals surface area contributed by atoms with Crippen LogP contribution in [-0.4, -0.2) is 9.55 Å². The Morgan fingerprint density at radius 3 is 3.17 bits per heavy atom. The predicted octanol–water partition coefficient (Wildman–Crippen LogP) is 1.33. The molecule has 0 bridgehead atoms. The summed E-state index contributed by atoms with van der Waals surface area (Å²) in [5, 5.41) is 0. The molecular formula is C9H6N2O. The molecule has 0 aliphatic heterocycles. The van der Waals surface area contributed by atoms with Crippen LogP contribution in [0.25, 0.3) is 0 Å². The van der Waals surface area contributed by atoms with Gasteiger partial charge in [0.1, 0.15) is 6.33 Å². The minimum absolute atomic E-state index is 0.656. The molecule has 0 saturated heterocycles. The van der Waals surface area contributed by atoms with Crippen molar-refractivity contribution in [3.8, 4) is 12.0 Å². The fourth-order valence-electron chi connectivity index (χ4n) is 0.795. The average molecular weight is 158 g/mol. The monoisotopic (exact) mass is 158 g/mol. The van der Waals surface area contributed by atoms with Gasteiger partial charge in [0.05, 0.1) is 6.26 Å². The zero-order chi connectivity index (χ0) is 8.23. The molecule has 0 unspecified atom stereocenters. The zero-order valence-corrected chi connectivity index (χ0v) is 6.27. The summed E-state index contributed by atoms with van der Waals surface area (Å²) in [5.74, 6) is 3.49. The second-order valence-corrected chi connectivity index (χ2v) is 2.18. The van der Waals surface area contributed by atoms with Crippen LogP contribution in [0.1, 0.15) is 5.76 Å². The predicted molar refractivity (Wildman–Crippen MR) is 43.2 cm³/mol. The molecule has 0 aliphatic carbocycles. The van der Waals surface area contributed by atoms with E-state index in [1.165, 1.54) is 0 Å². The topological polar surface area (TPSA) is 31.0 Å². The molecule has 2 heterocycles. The van der Waals surface area contributed by atoms with Gasteiger partial charge in [0.25, 0.3) is 0 Å². The molecule has 2 aromatic rings. The van der Waals surface area contributed by atoms with Gasteiger partial charge >= 0.3 is 0 Å². The number of imidazole rings is 1. The molecule has 0 amide bonds. The summed E-state index contributed by atoms with van der Waals surface area (Å²) in [4.78, 5) is 3.85. The first-order chi connectivity index (χ1) is 5.95. The number of hydrogen-bond acceptors (Lipinski definition) is 2. The van der Waals surface area contributed by atoms with Gasteiger partial charge in [-0.15, -0.1) is 0 Å². The van der Waals surface area contributed by atoms with Gasteiger partial charge in [0.15, 0.2) is 5.76 Å². The first-order valence-corrected chi connectivity index (χ1v) is 3.48.